The molecule has 1 heterocycles. The third kappa shape index (κ3) is 3.08. The Balaban J connectivity index is 1.78. The number of nitrogens with one attached hydrogen (secondary N) is 1. The molecule has 1 aliphatic rings. The van der Waals surface area contributed by atoms with Gasteiger partial charge in [-0.25, -0.2) is 0 Å². The van der Waals surface area contributed by atoms with Crippen LogP contribution in [0.5, 0.6) is 0 Å². The number of aryl methyl sites for hydroxylation is 1. The molecule has 0 spiro atoms. The molecule has 2 heteroatoms. The summed E-state index contributed by atoms with van der Waals surface area (Å²) in [6.45, 7) is 8.05. The van der Waals surface area contributed by atoms with Crippen molar-refractivity contribution in [3.05, 3.63) is 21.9 Å². The van der Waals surface area contributed by atoms with Gasteiger partial charge in [0.25, 0.3) is 0 Å². The monoisotopic (exact) mass is 237 g/mol. The molecule has 0 amide bonds. The molecule has 1 fully saturated rings. The van der Waals surface area contributed by atoms with E-state index in [1.54, 1.807) is 0 Å². The Morgan fingerprint density at radius 2 is 2.00 bits per heavy atom. The Labute approximate surface area is 103 Å². The van der Waals surface area contributed by atoms with Gasteiger partial charge in [0.15, 0.2) is 0 Å². The quantitative estimate of drug-likeness (QED) is 0.834. The van der Waals surface area contributed by atoms with Gasteiger partial charge in [0.2, 0.25) is 0 Å². The molecule has 90 valence electrons. The zero-order chi connectivity index (χ0) is 11.6. The fraction of sp³-hybridized carbons (Fsp3) is 0.714. The van der Waals surface area contributed by atoms with Crippen LogP contribution in [0.15, 0.2) is 10.8 Å². The van der Waals surface area contributed by atoms with Crippen LogP contribution in [-0.4, -0.2) is 6.04 Å². The summed E-state index contributed by atoms with van der Waals surface area (Å²) in [7, 11) is 0. The normalized spacial score (nSPS) is 21.2. The molecule has 0 aliphatic heterocycles. The Kier molecular flexibility index (Phi) is 3.70. The van der Waals surface area contributed by atoms with Crippen molar-refractivity contribution in [1.29, 1.82) is 0 Å². The van der Waals surface area contributed by atoms with Crippen molar-refractivity contribution in [2.24, 2.45) is 5.41 Å². The van der Waals surface area contributed by atoms with Crippen LogP contribution in [0.4, 0.5) is 0 Å². The zero-order valence-corrected chi connectivity index (χ0v) is 11.5. The van der Waals surface area contributed by atoms with Crippen molar-refractivity contribution >= 4 is 11.3 Å². The summed E-state index contributed by atoms with van der Waals surface area (Å²) in [5.74, 6) is 0. The Bertz CT molecular complexity index is 330. The minimum Gasteiger partial charge on any atom is -0.310 e. The predicted octanol–water partition coefficient (Wildman–Crippen LogP) is 4.11. The lowest BCUT2D eigenvalue weighted by Crippen LogP contribution is -2.35. The summed E-state index contributed by atoms with van der Waals surface area (Å²) in [4.78, 5) is 0. The first-order valence-electron chi connectivity index (χ1n) is 6.32. The van der Waals surface area contributed by atoms with Gasteiger partial charge in [-0.05, 0) is 59.9 Å². The molecule has 1 saturated carbocycles. The summed E-state index contributed by atoms with van der Waals surface area (Å²) in [5.41, 5.74) is 3.50. The highest BCUT2D eigenvalue weighted by Crippen LogP contribution is 2.35. The maximum absolute atomic E-state index is 3.71. The smallest absolute Gasteiger partial charge is 0.0218 e. The zero-order valence-electron chi connectivity index (χ0n) is 10.7. The van der Waals surface area contributed by atoms with E-state index in [2.05, 4.69) is 36.8 Å². The number of hydrogen-bond donors (Lipinski definition) is 1. The van der Waals surface area contributed by atoms with Gasteiger partial charge in [0.1, 0.15) is 0 Å². The second-order valence-electron chi connectivity index (χ2n) is 5.90. The summed E-state index contributed by atoms with van der Waals surface area (Å²) >= 11 is 1.81. The first-order valence-corrected chi connectivity index (χ1v) is 7.26. The van der Waals surface area contributed by atoms with E-state index in [0.717, 1.165) is 12.6 Å². The molecule has 1 aliphatic carbocycles. The third-order valence-electron chi connectivity index (χ3n) is 3.88. The van der Waals surface area contributed by atoms with Gasteiger partial charge in [-0.2, -0.15) is 11.3 Å². The molecule has 1 aromatic heterocycles. The molecule has 16 heavy (non-hydrogen) atoms. The van der Waals surface area contributed by atoms with Crippen molar-refractivity contribution in [2.45, 2.75) is 59.0 Å². The van der Waals surface area contributed by atoms with Crippen molar-refractivity contribution < 1.29 is 0 Å². The minimum absolute atomic E-state index is 0.580. The van der Waals surface area contributed by atoms with Gasteiger partial charge in [-0.1, -0.05) is 13.8 Å². The maximum Gasteiger partial charge on any atom is 0.0218 e. The van der Waals surface area contributed by atoms with Crippen LogP contribution >= 0.6 is 11.3 Å². The fourth-order valence-corrected chi connectivity index (χ4v) is 3.28. The van der Waals surface area contributed by atoms with Gasteiger partial charge in [0, 0.05) is 12.6 Å². The second-order valence-corrected chi connectivity index (χ2v) is 6.64. The highest BCUT2D eigenvalue weighted by atomic mass is 32.1. The van der Waals surface area contributed by atoms with Crippen molar-refractivity contribution in [3.63, 3.8) is 0 Å². The van der Waals surface area contributed by atoms with E-state index >= 15 is 0 Å². The van der Waals surface area contributed by atoms with Crippen LogP contribution in [0.3, 0.4) is 0 Å². The van der Waals surface area contributed by atoms with Gasteiger partial charge in [-0.3, -0.25) is 0 Å². The maximum atomic E-state index is 3.71. The highest BCUT2D eigenvalue weighted by Gasteiger charge is 2.26. The van der Waals surface area contributed by atoms with Crippen molar-refractivity contribution in [1.82, 2.24) is 5.32 Å². The molecule has 0 radical (unpaired) electrons. The fourth-order valence-electron chi connectivity index (χ4n) is 2.43. The van der Waals surface area contributed by atoms with Gasteiger partial charge in [-0.15, -0.1) is 0 Å². The van der Waals surface area contributed by atoms with E-state index < -0.39 is 0 Å². The van der Waals surface area contributed by atoms with E-state index in [9.17, 15) is 0 Å². The van der Waals surface area contributed by atoms with E-state index in [0.29, 0.717) is 5.41 Å². The Hall–Kier alpha value is -0.340. The average molecular weight is 237 g/mol. The highest BCUT2D eigenvalue weighted by molar-refractivity contribution is 7.08. The molecular weight excluding hydrogens is 214 g/mol. The lowest BCUT2D eigenvalue weighted by molar-refractivity contribution is 0.206. The van der Waals surface area contributed by atoms with Crippen molar-refractivity contribution in [2.75, 3.05) is 0 Å². The number of rotatable bonds is 3. The summed E-state index contributed by atoms with van der Waals surface area (Å²) in [5, 5.41) is 8.22. The van der Waals surface area contributed by atoms with Crippen LogP contribution < -0.4 is 5.32 Å². The second kappa shape index (κ2) is 4.89. The standard InChI is InChI=1S/C14H23NS/c1-11-9-16-10-12(11)8-15-13-4-6-14(2,3)7-5-13/h9-10,13,15H,4-8H2,1-3H3. The number of thiophene rings is 1. The molecule has 0 aromatic carbocycles. The summed E-state index contributed by atoms with van der Waals surface area (Å²) < 4.78 is 0. The van der Waals surface area contributed by atoms with E-state index in [1.807, 2.05) is 11.3 Å². The van der Waals surface area contributed by atoms with E-state index in [1.165, 1.54) is 36.8 Å². The minimum atomic E-state index is 0.580. The SMILES string of the molecule is Cc1cscc1CNC1CCC(C)(C)CC1. The van der Waals surface area contributed by atoms with Gasteiger partial charge >= 0.3 is 0 Å². The molecule has 1 N–H and O–H groups in total. The van der Waals surface area contributed by atoms with Crippen LogP contribution in [0.25, 0.3) is 0 Å². The largest absolute Gasteiger partial charge is 0.310 e. The van der Waals surface area contributed by atoms with Crippen LogP contribution in [0.1, 0.15) is 50.7 Å². The average Bonchev–Trinajstić information content (AvgIpc) is 2.63. The van der Waals surface area contributed by atoms with E-state index in [-0.39, 0.29) is 0 Å². The Morgan fingerprint density at radius 3 is 2.56 bits per heavy atom. The molecular formula is C14H23NS. The van der Waals surface area contributed by atoms with Gasteiger partial charge < -0.3 is 5.32 Å². The summed E-state index contributed by atoms with van der Waals surface area (Å²) in [6, 6.07) is 0.743. The van der Waals surface area contributed by atoms with Crippen molar-refractivity contribution in [3.8, 4) is 0 Å². The Morgan fingerprint density at radius 1 is 1.31 bits per heavy atom. The molecule has 0 atom stereocenters. The van der Waals surface area contributed by atoms with Crippen LogP contribution in [-0.2, 0) is 6.54 Å². The van der Waals surface area contributed by atoms with Crippen LogP contribution in [0.2, 0.25) is 0 Å². The lowest BCUT2D eigenvalue weighted by atomic mass is 9.75. The predicted molar refractivity (Wildman–Crippen MR) is 71.9 cm³/mol. The number of hydrogen-bond acceptors (Lipinski definition) is 2. The molecule has 0 bridgehead atoms. The lowest BCUT2D eigenvalue weighted by Gasteiger charge is -2.34. The first kappa shape index (κ1) is 12.1. The molecule has 2 rings (SSSR count). The summed E-state index contributed by atoms with van der Waals surface area (Å²) in [6.07, 6.45) is 5.42. The molecule has 1 aromatic rings. The molecule has 0 unspecified atom stereocenters. The molecule has 1 nitrogen and oxygen atoms in total. The first-order chi connectivity index (χ1) is 7.57. The topological polar surface area (TPSA) is 12.0 Å². The van der Waals surface area contributed by atoms with Crippen LogP contribution in [0, 0.1) is 12.3 Å². The molecule has 0 saturated heterocycles. The van der Waals surface area contributed by atoms with E-state index in [4.69, 9.17) is 0 Å². The van der Waals surface area contributed by atoms with Gasteiger partial charge in [0.05, 0.1) is 0 Å². The third-order valence-corrected chi connectivity index (χ3v) is 4.79.